The van der Waals surface area contributed by atoms with Gasteiger partial charge in [-0.2, -0.15) is 0 Å². The van der Waals surface area contributed by atoms with Gasteiger partial charge in [0.25, 0.3) is 0 Å². The van der Waals surface area contributed by atoms with Gasteiger partial charge in [0.1, 0.15) is 17.6 Å². The van der Waals surface area contributed by atoms with Crippen molar-refractivity contribution >= 4 is 0 Å². The summed E-state index contributed by atoms with van der Waals surface area (Å²) in [4.78, 5) is 0. The van der Waals surface area contributed by atoms with Gasteiger partial charge in [0.15, 0.2) is 0 Å². The first-order chi connectivity index (χ1) is 7.56. The van der Waals surface area contributed by atoms with Crippen molar-refractivity contribution in [3.63, 3.8) is 0 Å². The molecule has 1 unspecified atom stereocenters. The molecule has 0 spiro atoms. The lowest BCUT2D eigenvalue weighted by molar-refractivity contribution is 0.170. The average molecular weight is 216 g/mol. The molecular formula is C14H16O2. The quantitative estimate of drug-likeness (QED) is 0.831. The molecule has 1 atom stereocenters. The summed E-state index contributed by atoms with van der Waals surface area (Å²) in [5.74, 6) is 1.41. The van der Waals surface area contributed by atoms with Crippen LogP contribution < -0.4 is 0 Å². The number of furan rings is 1. The number of benzene rings is 1. The summed E-state index contributed by atoms with van der Waals surface area (Å²) in [6, 6.07) is 10.0. The van der Waals surface area contributed by atoms with Crippen molar-refractivity contribution in [3.05, 3.63) is 47.2 Å². The summed E-state index contributed by atoms with van der Waals surface area (Å²) in [5, 5.41) is 9.40. The molecule has 1 aromatic carbocycles. The lowest BCUT2D eigenvalue weighted by Crippen LogP contribution is -1.86. The molecule has 84 valence electrons. The van der Waals surface area contributed by atoms with E-state index in [1.54, 1.807) is 6.92 Å². The van der Waals surface area contributed by atoms with Gasteiger partial charge >= 0.3 is 0 Å². The second-order valence-corrected chi connectivity index (χ2v) is 4.25. The van der Waals surface area contributed by atoms with Crippen LogP contribution in [-0.2, 0) is 0 Å². The van der Waals surface area contributed by atoms with Crippen LogP contribution in [0.3, 0.4) is 0 Å². The molecular weight excluding hydrogens is 200 g/mol. The lowest BCUT2D eigenvalue weighted by Gasteiger charge is -2.02. The number of aryl methyl sites for hydroxylation is 2. The van der Waals surface area contributed by atoms with Crippen molar-refractivity contribution in [1.82, 2.24) is 0 Å². The van der Waals surface area contributed by atoms with Gasteiger partial charge in [-0.1, -0.05) is 17.2 Å². The maximum absolute atomic E-state index is 9.40. The minimum atomic E-state index is -0.556. The summed E-state index contributed by atoms with van der Waals surface area (Å²) >= 11 is 0. The molecule has 0 amide bonds. The highest BCUT2D eigenvalue weighted by Gasteiger charge is 2.09. The SMILES string of the molecule is Cc1cc(C)cc(-c2ccc(C(C)O)o2)c1. The summed E-state index contributed by atoms with van der Waals surface area (Å²) in [7, 11) is 0. The minimum absolute atomic E-state index is 0.556. The van der Waals surface area contributed by atoms with Crippen LogP contribution in [0.15, 0.2) is 34.7 Å². The molecule has 1 heterocycles. The van der Waals surface area contributed by atoms with Crippen LogP contribution in [0, 0.1) is 13.8 Å². The highest BCUT2D eigenvalue weighted by molar-refractivity contribution is 5.59. The van der Waals surface area contributed by atoms with E-state index in [9.17, 15) is 5.11 Å². The monoisotopic (exact) mass is 216 g/mol. The molecule has 2 aromatic rings. The molecule has 0 bridgehead atoms. The van der Waals surface area contributed by atoms with Gasteiger partial charge in [0.05, 0.1) is 0 Å². The Hall–Kier alpha value is -1.54. The van der Waals surface area contributed by atoms with Crippen LogP contribution >= 0.6 is 0 Å². The third-order valence-corrected chi connectivity index (χ3v) is 2.54. The van der Waals surface area contributed by atoms with Crippen LogP contribution in [0.4, 0.5) is 0 Å². The second kappa shape index (κ2) is 4.14. The largest absolute Gasteiger partial charge is 0.458 e. The first kappa shape index (κ1) is 11.0. The Balaban J connectivity index is 2.42. The van der Waals surface area contributed by atoms with Crippen molar-refractivity contribution in [1.29, 1.82) is 0 Å². The molecule has 0 saturated carbocycles. The van der Waals surface area contributed by atoms with E-state index >= 15 is 0 Å². The summed E-state index contributed by atoms with van der Waals surface area (Å²) < 4.78 is 5.59. The third kappa shape index (κ3) is 2.17. The Morgan fingerprint density at radius 1 is 1.06 bits per heavy atom. The molecule has 2 rings (SSSR count). The van der Waals surface area contributed by atoms with Crippen molar-refractivity contribution in [2.45, 2.75) is 26.9 Å². The molecule has 0 aliphatic heterocycles. The summed E-state index contributed by atoms with van der Waals surface area (Å²) in [6.07, 6.45) is -0.556. The number of hydrogen-bond acceptors (Lipinski definition) is 2. The van der Waals surface area contributed by atoms with E-state index in [0.29, 0.717) is 5.76 Å². The van der Waals surface area contributed by atoms with Crippen molar-refractivity contribution in [3.8, 4) is 11.3 Å². The lowest BCUT2D eigenvalue weighted by atomic mass is 10.1. The first-order valence-electron chi connectivity index (χ1n) is 5.43. The predicted molar refractivity (Wildman–Crippen MR) is 64.3 cm³/mol. The fourth-order valence-corrected chi connectivity index (χ4v) is 1.85. The Bertz CT molecular complexity index is 475. The maximum atomic E-state index is 9.40. The molecule has 0 radical (unpaired) electrons. The highest BCUT2D eigenvalue weighted by atomic mass is 16.4. The molecule has 0 saturated heterocycles. The fraction of sp³-hybridized carbons (Fsp3) is 0.286. The van der Waals surface area contributed by atoms with Gasteiger partial charge in [0, 0.05) is 5.56 Å². The van der Waals surface area contributed by atoms with Crippen LogP contribution in [0.1, 0.15) is 29.9 Å². The van der Waals surface area contributed by atoms with Crippen molar-refractivity contribution < 1.29 is 9.52 Å². The normalized spacial score (nSPS) is 12.8. The van der Waals surface area contributed by atoms with Gasteiger partial charge in [-0.05, 0) is 45.0 Å². The van der Waals surface area contributed by atoms with Crippen molar-refractivity contribution in [2.75, 3.05) is 0 Å². The average Bonchev–Trinajstić information content (AvgIpc) is 2.64. The zero-order valence-electron chi connectivity index (χ0n) is 9.82. The molecule has 1 aromatic heterocycles. The molecule has 2 heteroatoms. The smallest absolute Gasteiger partial charge is 0.134 e. The van der Waals surface area contributed by atoms with Crippen LogP contribution in [0.25, 0.3) is 11.3 Å². The molecule has 0 aliphatic rings. The Kier molecular flexibility index (Phi) is 2.84. The Labute approximate surface area is 95.5 Å². The molecule has 0 aliphatic carbocycles. The van der Waals surface area contributed by atoms with E-state index in [1.165, 1.54) is 11.1 Å². The predicted octanol–water partition coefficient (Wildman–Crippen LogP) is 3.62. The standard InChI is InChI=1S/C14H16O2/c1-9-6-10(2)8-12(7-9)14-5-4-13(16-14)11(3)15/h4-8,11,15H,1-3H3. The molecule has 2 nitrogen and oxygen atoms in total. The third-order valence-electron chi connectivity index (χ3n) is 2.54. The van der Waals surface area contributed by atoms with Crippen molar-refractivity contribution in [2.24, 2.45) is 0 Å². The van der Waals surface area contributed by atoms with E-state index in [-0.39, 0.29) is 0 Å². The number of hydrogen-bond donors (Lipinski definition) is 1. The fourth-order valence-electron chi connectivity index (χ4n) is 1.85. The Morgan fingerprint density at radius 3 is 2.19 bits per heavy atom. The van der Waals surface area contributed by atoms with E-state index in [2.05, 4.69) is 32.0 Å². The van der Waals surface area contributed by atoms with E-state index in [0.717, 1.165) is 11.3 Å². The first-order valence-corrected chi connectivity index (χ1v) is 5.43. The van der Waals surface area contributed by atoms with Crippen LogP contribution in [-0.4, -0.2) is 5.11 Å². The van der Waals surface area contributed by atoms with Gasteiger partial charge in [0.2, 0.25) is 0 Å². The number of aliphatic hydroxyl groups excluding tert-OH is 1. The van der Waals surface area contributed by atoms with Gasteiger partial charge in [-0.3, -0.25) is 0 Å². The van der Waals surface area contributed by atoms with Gasteiger partial charge in [-0.15, -0.1) is 0 Å². The maximum Gasteiger partial charge on any atom is 0.134 e. The van der Waals surface area contributed by atoms with Crippen LogP contribution in [0.2, 0.25) is 0 Å². The molecule has 16 heavy (non-hydrogen) atoms. The number of aliphatic hydroxyl groups is 1. The molecule has 0 fully saturated rings. The van der Waals surface area contributed by atoms with Crippen LogP contribution in [0.5, 0.6) is 0 Å². The van der Waals surface area contributed by atoms with E-state index in [1.807, 2.05) is 12.1 Å². The van der Waals surface area contributed by atoms with Gasteiger partial charge < -0.3 is 9.52 Å². The zero-order chi connectivity index (χ0) is 11.7. The summed E-state index contributed by atoms with van der Waals surface area (Å²) in [6.45, 7) is 5.83. The molecule has 1 N–H and O–H groups in total. The Morgan fingerprint density at radius 2 is 1.69 bits per heavy atom. The zero-order valence-corrected chi connectivity index (χ0v) is 9.82. The van der Waals surface area contributed by atoms with E-state index < -0.39 is 6.10 Å². The van der Waals surface area contributed by atoms with Gasteiger partial charge in [-0.25, -0.2) is 0 Å². The summed E-state index contributed by atoms with van der Waals surface area (Å²) in [5.41, 5.74) is 3.49. The highest BCUT2D eigenvalue weighted by Crippen LogP contribution is 2.26. The van der Waals surface area contributed by atoms with E-state index in [4.69, 9.17) is 4.42 Å². The number of rotatable bonds is 2. The topological polar surface area (TPSA) is 33.4 Å². The minimum Gasteiger partial charge on any atom is -0.458 e. The second-order valence-electron chi connectivity index (χ2n) is 4.25.